The number of nitrogens with zero attached hydrogens (tertiary/aromatic N) is 2. The van der Waals surface area contributed by atoms with Gasteiger partial charge in [0.05, 0.1) is 12.2 Å². The topological polar surface area (TPSA) is 90.7 Å². The molecule has 6 heteroatoms. The van der Waals surface area contributed by atoms with Crippen LogP contribution in [-0.4, -0.2) is 52.2 Å². The highest BCUT2D eigenvalue weighted by atomic mass is 16.4. The standard InChI is InChI=1S/C12H14N2O4/c1-14(4-5-15)12(18)10-6-9(7-13-8-10)2-3-11(16)17/h2-3,6-8,15H,4-5H2,1H3,(H,16,17). The highest BCUT2D eigenvalue weighted by Crippen LogP contribution is 2.07. The summed E-state index contributed by atoms with van der Waals surface area (Å²) in [5.74, 6) is -1.34. The monoisotopic (exact) mass is 250 g/mol. The second kappa shape index (κ2) is 6.51. The van der Waals surface area contributed by atoms with E-state index in [4.69, 9.17) is 10.2 Å². The molecule has 0 aliphatic rings. The Labute approximate surface area is 104 Å². The normalized spacial score (nSPS) is 10.6. The number of aliphatic hydroxyl groups is 1. The van der Waals surface area contributed by atoms with Gasteiger partial charge in [0, 0.05) is 32.1 Å². The van der Waals surface area contributed by atoms with Crippen LogP contribution in [0.25, 0.3) is 6.08 Å². The molecule has 1 aromatic heterocycles. The summed E-state index contributed by atoms with van der Waals surface area (Å²) in [6.07, 6.45) is 5.19. The third-order valence-electron chi connectivity index (χ3n) is 2.21. The average Bonchev–Trinajstić information content (AvgIpc) is 2.36. The molecular formula is C12H14N2O4. The minimum Gasteiger partial charge on any atom is -0.478 e. The van der Waals surface area contributed by atoms with Crippen LogP contribution in [0.1, 0.15) is 15.9 Å². The molecule has 0 fully saturated rings. The Morgan fingerprint density at radius 2 is 2.17 bits per heavy atom. The molecular weight excluding hydrogens is 236 g/mol. The number of rotatable bonds is 5. The first-order chi connectivity index (χ1) is 8.54. The number of pyridine rings is 1. The fraction of sp³-hybridized carbons (Fsp3) is 0.250. The molecule has 0 aliphatic heterocycles. The number of carbonyl (C=O) groups is 2. The zero-order valence-electron chi connectivity index (χ0n) is 9.91. The highest BCUT2D eigenvalue weighted by molar-refractivity contribution is 5.94. The summed E-state index contributed by atoms with van der Waals surface area (Å²) in [5, 5.41) is 17.2. The van der Waals surface area contributed by atoms with Gasteiger partial charge in [-0.25, -0.2) is 4.79 Å². The van der Waals surface area contributed by atoms with Crippen LogP contribution in [0, 0.1) is 0 Å². The fourth-order valence-electron chi connectivity index (χ4n) is 1.31. The van der Waals surface area contributed by atoms with E-state index in [-0.39, 0.29) is 19.1 Å². The van der Waals surface area contributed by atoms with Crippen LogP contribution in [0.3, 0.4) is 0 Å². The zero-order valence-corrected chi connectivity index (χ0v) is 9.91. The number of carboxylic acid groups (broad SMARTS) is 1. The number of aromatic nitrogens is 1. The van der Waals surface area contributed by atoms with Crippen LogP contribution in [0.15, 0.2) is 24.5 Å². The SMILES string of the molecule is CN(CCO)C(=O)c1cncc(C=CC(=O)O)c1. The van der Waals surface area contributed by atoms with Crippen molar-refractivity contribution in [3.8, 4) is 0 Å². The van der Waals surface area contributed by atoms with Crippen molar-refractivity contribution in [1.29, 1.82) is 0 Å². The first kappa shape index (κ1) is 13.9. The number of carbonyl (C=O) groups excluding carboxylic acids is 1. The largest absolute Gasteiger partial charge is 0.478 e. The molecule has 18 heavy (non-hydrogen) atoms. The quantitative estimate of drug-likeness (QED) is 0.731. The summed E-state index contributed by atoms with van der Waals surface area (Å²) in [7, 11) is 1.57. The number of likely N-dealkylation sites (N-methyl/N-ethyl adjacent to an activating group) is 1. The lowest BCUT2D eigenvalue weighted by Crippen LogP contribution is -2.29. The van der Waals surface area contributed by atoms with E-state index in [1.807, 2.05) is 0 Å². The number of aliphatic carboxylic acids is 1. The fourth-order valence-corrected chi connectivity index (χ4v) is 1.31. The minimum absolute atomic E-state index is 0.117. The van der Waals surface area contributed by atoms with E-state index >= 15 is 0 Å². The molecule has 6 nitrogen and oxygen atoms in total. The Morgan fingerprint density at radius 1 is 1.44 bits per heavy atom. The lowest BCUT2D eigenvalue weighted by Gasteiger charge is -2.15. The Bertz CT molecular complexity index is 471. The van der Waals surface area contributed by atoms with E-state index in [0.29, 0.717) is 11.1 Å². The van der Waals surface area contributed by atoms with E-state index in [0.717, 1.165) is 6.08 Å². The van der Waals surface area contributed by atoms with Gasteiger partial charge >= 0.3 is 5.97 Å². The summed E-state index contributed by atoms with van der Waals surface area (Å²) < 4.78 is 0. The molecule has 1 rings (SSSR count). The highest BCUT2D eigenvalue weighted by Gasteiger charge is 2.11. The van der Waals surface area contributed by atoms with Gasteiger partial charge in [0.25, 0.3) is 5.91 Å². The maximum atomic E-state index is 11.9. The van der Waals surface area contributed by atoms with Gasteiger partial charge < -0.3 is 15.1 Å². The van der Waals surface area contributed by atoms with E-state index in [1.165, 1.54) is 23.4 Å². The Hall–Kier alpha value is -2.21. The van der Waals surface area contributed by atoms with Crippen LogP contribution in [0.4, 0.5) is 0 Å². The van der Waals surface area contributed by atoms with E-state index in [9.17, 15) is 9.59 Å². The molecule has 0 atom stereocenters. The van der Waals surface area contributed by atoms with Crippen LogP contribution in [-0.2, 0) is 4.79 Å². The van der Waals surface area contributed by atoms with E-state index < -0.39 is 5.97 Å². The average molecular weight is 250 g/mol. The zero-order chi connectivity index (χ0) is 13.5. The molecule has 96 valence electrons. The molecule has 0 spiro atoms. The number of hydrogen-bond acceptors (Lipinski definition) is 4. The molecule has 0 unspecified atom stereocenters. The van der Waals surface area contributed by atoms with Crippen molar-refractivity contribution in [3.05, 3.63) is 35.7 Å². The first-order valence-corrected chi connectivity index (χ1v) is 5.27. The van der Waals surface area contributed by atoms with Crippen molar-refractivity contribution in [1.82, 2.24) is 9.88 Å². The smallest absolute Gasteiger partial charge is 0.328 e. The van der Waals surface area contributed by atoms with Gasteiger partial charge in [0.15, 0.2) is 0 Å². The van der Waals surface area contributed by atoms with Crippen LogP contribution < -0.4 is 0 Å². The Kier molecular flexibility index (Phi) is 5.01. The summed E-state index contributed by atoms with van der Waals surface area (Å²) in [6, 6.07) is 1.54. The summed E-state index contributed by atoms with van der Waals surface area (Å²) in [5.41, 5.74) is 0.874. The lowest BCUT2D eigenvalue weighted by atomic mass is 10.2. The van der Waals surface area contributed by atoms with Crippen molar-refractivity contribution in [3.63, 3.8) is 0 Å². The summed E-state index contributed by atoms with van der Waals surface area (Å²) in [4.78, 5) is 27.5. The first-order valence-electron chi connectivity index (χ1n) is 5.27. The molecule has 0 aromatic carbocycles. The van der Waals surface area contributed by atoms with Gasteiger partial charge in [-0.05, 0) is 17.7 Å². The molecule has 0 radical (unpaired) electrons. The van der Waals surface area contributed by atoms with Crippen LogP contribution in [0.2, 0.25) is 0 Å². The van der Waals surface area contributed by atoms with Gasteiger partial charge in [-0.1, -0.05) is 0 Å². The molecule has 2 N–H and O–H groups in total. The van der Waals surface area contributed by atoms with Gasteiger partial charge in [0.2, 0.25) is 0 Å². The predicted octanol–water partition coefficient (Wildman–Crippen LogP) is 0.244. The van der Waals surface area contributed by atoms with Gasteiger partial charge in [-0.3, -0.25) is 9.78 Å². The second-order valence-corrected chi connectivity index (χ2v) is 3.63. The third-order valence-corrected chi connectivity index (χ3v) is 2.21. The molecule has 1 aromatic rings. The Morgan fingerprint density at radius 3 is 2.78 bits per heavy atom. The van der Waals surface area contributed by atoms with Gasteiger partial charge in [-0.15, -0.1) is 0 Å². The third kappa shape index (κ3) is 3.99. The summed E-state index contributed by atoms with van der Waals surface area (Å²) in [6.45, 7) is 0.113. The molecule has 1 amide bonds. The number of aliphatic hydroxyl groups excluding tert-OH is 1. The molecule has 0 saturated carbocycles. The van der Waals surface area contributed by atoms with Crippen molar-refractivity contribution in [2.24, 2.45) is 0 Å². The van der Waals surface area contributed by atoms with Crippen molar-refractivity contribution < 1.29 is 19.8 Å². The van der Waals surface area contributed by atoms with Crippen molar-refractivity contribution >= 4 is 18.0 Å². The lowest BCUT2D eigenvalue weighted by molar-refractivity contribution is -0.131. The maximum absolute atomic E-state index is 11.9. The molecule has 0 aliphatic carbocycles. The number of hydrogen-bond donors (Lipinski definition) is 2. The second-order valence-electron chi connectivity index (χ2n) is 3.63. The number of amides is 1. The van der Waals surface area contributed by atoms with Crippen molar-refractivity contribution in [2.45, 2.75) is 0 Å². The predicted molar refractivity (Wildman–Crippen MR) is 65.0 cm³/mol. The minimum atomic E-state index is -1.07. The van der Waals surface area contributed by atoms with Gasteiger partial charge in [-0.2, -0.15) is 0 Å². The van der Waals surface area contributed by atoms with Crippen LogP contribution in [0.5, 0.6) is 0 Å². The Balaban J connectivity index is 2.88. The van der Waals surface area contributed by atoms with E-state index in [1.54, 1.807) is 13.1 Å². The van der Waals surface area contributed by atoms with Crippen LogP contribution >= 0.6 is 0 Å². The molecule has 1 heterocycles. The van der Waals surface area contributed by atoms with Crippen molar-refractivity contribution in [2.75, 3.05) is 20.2 Å². The molecule has 0 bridgehead atoms. The summed E-state index contributed by atoms with van der Waals surface area (Å²) >= 11 is 0. The number of carboxylic acids is 1. The van der Waals surface area contributed by atoms with Gasteiger partial charge in [0.1, 0.15) is 0 Å². The maximum Gasteiger partial charge on any atom is 0.328 e. The van der Waals surface area contributed by atoms with E-state index in [2.05, 4.69) is 4.98 Å². The molecule has 0 saturated heterocycles.